The average molecular weight is 308 g/mol. The summed E-state index contributed by atoms with van der Waals surface area (Å²) >= 11 is 3.34. The van der Waals surface area contributed by atoms with Gasteiger partial charge in [0.1, 0.15) is 12.4 Å². The van der Waals surface area contributed by atoms with Gasteiger partial charge in [0.15, 0.2) is 0 Å². The number of hydrogen-bond acceptors (Lipinski definition) is 4. The first-order chi connectivity index (χ1) is 8.78. The third kappa shape index (κ3) is 3.78. The van der Waals surface area contributed by atoms with Gasteiger partial charge < -0.3 is 10.1 Å². The highest BCUT2D eigenvalue weighted by molar-refractivity contribution is 9.10. The fourth-order valence-electron chi connectivity index (χ4n) is 1.43. The predicted octanol–water partition coefficient (Wildman–Crippen LogP) is 2.54. The Balaban J connectivity index is 1.91. The predicted molar refractivity (Wildman–Crippen MR) is 73.3 cm³/mol. The van der Waals surface area contributed by atoms with Gasteiger partial charge in [0.05, 0.1) is 17.6 Å². The molecule has 0 aromatic carbocycles. The zero-order chi connectivity index (χ0) is 12.8. The van der Waals surface area contributed by atoms with Crippen molar-refractivity contribution in [2.24, 2.45) is 0 Å². The Morgan fingerprint density at radius 1 is 1.11 bits per heavy atom. The van der Waals surface area contributed by atoms with Gasteiger partial charge in [-0.05, 0) is 47.2 Å². The maximum atomic E-state index is 5.60. The van der Waals surface area contributed by atoms with Gasteiger partial charge in [-0.15, -0.1) is 0 Å². The Hall–Kier alpha value is -1.46. The highest BCUT2D eigenvalue weighted by atomic mass is 79.9. The molecule has 18 heavy (non-hydrogen) atoms. The number of ether oxygens (including phenoxy) is 1. The molecular formula is C13H14BrN3O. The molecule has 0 bridgehead atoms. The minimum Gasteiger partial charge on any atom is -0.486 e. The lowest BCUT2D eigenvalue weighted by Crippen LogP contribution is -2.06. The van der Waals surface area contributed by atoms with E-state index in [4.69, 9.17) is 4.74 Å². The van der Waals surface area contributed by atoms with E-state index in [1.54, 1.807) is 12.4 Å². The first kappa shape index (κ1) is 13.0. The maximum absolute atomic E-state index is 5.60. The summed E-state index contributed by atoms with van der Waals surface area (Å²) < 4.78 is 6.57. The summed E-state index contributed by atoms with van der Waals surface area (Å²) in [7, 11) is 1.89. The Morgan fingerprint density at radius 2 is 1.89 bits per heavy atom. The van der Waals surface area contributed by atoms with E-state index in [9.17, 15) is 0 Å². The minimum atomic E-state index is 0.445. The Bertz CT molecular complexity index is 485. The molecule has 0 amide bonds. The van der Waals surface area contributed by atoms with Crippen LogP contribution >= 0.6 is 15.9 Å². The van der Waals surface area contributed by atoms with E-state index in [0.717, 1.165) is 28.2 Å². The van der Waals surface area contributed by atoms with Crippen LogP contribution in [-0.2, 0) is 13.2 Å². The molecule has 0 atom stereocenters. The summed E-state index contributed by atoms with van der Waals surface area (Å²) in [5.74, 6) is 0.750. The molecule has 0 saturated heterocycles. The molecule has 0 saturated carbocycles. The molecule has 1 N–H and O–H groups in total. The lowest BCUT2D eigenvalue weighted by Gasteiger charge is -2.06. The normalized spacial score (nSPS) is 10.3. The zero-order valence-electron chi connectivity index (χ0n) is 10.1. The Kier molecular flexibility index (Phi) is 4.66. The van der Waals surface area contributed by atoms with Gasteiger partial charge in [0.2, 0.25) is 0 Å². The number of rotatable bonds is 5. The smallest absolute Gasteiger partial charge is 0.138 e. The van der Waals surface area contributed by atoms with Gasteiger partial charge in [-0.2, -0.15) is 0 Å². The number of pyridine rings is 2. The summed E-state index contributed by atoms with van der Waals surface area (Å²) in [6.07, 6.45) is 3.48. The van der Waals surface area contributed by atoms with Crippen molar-refractivity contribution in [2.45, 2.75) is 13.2 Å². The second-order valence-corrected chi connectivity index (χ2v) is 4.69. The Labute approximate surface area is 115 Å². The van der Waals surface area contributed by atoms with Crippen LogP contribution in [-0.4, -0.2) is 17.0 Å². The van der Waals surface area contributed by atoms with Crippen molar-refractivity contribution in [3.63, 3.8) is 0 Å². The minimum absolute atomic E-state index is 0.445. The van der Waals surface area contributed by atoms with Gasteiger partial charge in [-0.3, -0.25) is 9.97 Å². The van der Waals surface area contributed by atoms with Crippen molar-refractivity contribution in [3.8, 4) is 5.75 Å². The molecule has 0 fully saturated rings. The van der Waals surface area contributed by atoms with E-state index >= 15 is 0 Å². The largest absolute Gasteiger partial charge is 0.486 e. The summed E-state index contributed by atoms with van der Waals surface area (Å²) in [5, 5.41) is 3.05. The monoisotopic (exact) mass is 307 g/mol. The van der Waals surface area contributed by atoms with E-state index in [1.165, 1.54) is 0 Å². The van der Waals surface area contributed by atoms with Crippen molar-refractivity contribution in [1.82, 2.24) is 15.3 Å². The second-order valence-electron chi connectivity index (χ2n) is 3.77. The van der Waals surface area contributed by atoms with Gasteiger partial charge in [-0.1, -0.05) is 0 Å². The quantitative estimate of drug-likeness (QED) is 0.922. The highest BCUT2D eigenvalue weighted by Crippen LogP contribution is 2.12. The van der Waals surface area contributed by atoms with Crippen LogP contribution in [0.15, 0.2) is 41.1 Å². The van der Waals surface area contributed by atoms with E-state index in [-0.39, 0.29) is 0 Å². The molecule has 0 aliphatic carbocycles. The first-order valence-corrected chi connectivity index (χ1v) is 6.40. The molecule has 2 rings (SSSR count). The van der Waals surface area contributed by atoms with Crippen LogP contribution in [0, 0.1) is 0 Å². The molecule has 5 heteroatoms. The van der Waals surface area contributed by atoms with Crippen LogP contribution in [0.4, 0.5) is 0 Å². The van der Waals surface area contributed by atoms with Gasteiger partial charge in [0.25, 0.3) is 0 Å². The van der Waals surface area contributed by atoms with Crippen molar-refractivity contribution in [3.05, 3.63) is 52.5 Å². The molecule has 0 spiro atoms. The molecule has 2 heterocycles. The molecule has 94 valence electrons. The third-order valence-electron chi connectivity index (χ3n) is 2.33. The standard InChI is InChI=1S/C13H14BrN3O/c1-15-7-11-4-5-13(8-17-11)18-9-12-3-2-10(14)6-16-12/h2-6,8,15H,7,9H2,1H3. The van der Waals surface area contributed by atoms with E-state index in [0.29, 0.717) is 6.61 Å². The van der Waals surface area contributed by atoms with Crippen LogP contribution in [0.3, 0.4) is 0 Å². The lowest BCUT2D eigenvalue weighted by atomic mass is 10.3. The van der Waals surface area contributed by atoms with Gasteiger partial charge in [-0.25, -0.2) is 0 Å². The molecule has 0 unspecified atom stereocenters. The van der Waals surface area contributed by atoms with Crippen molar-refractivity contribution < 1.29 is 4.74 Å². The number of nitrogens with zero attached hydrogens (tertiary/aromatic N) is 2. The topological polar surface area (TPSA) is 47.0 Å². The van der Waals surface area contributed by atoms with Crippen LogP contribution in [0.5, 0.6) is 5.75 Å². The molecule has 0 aliphatic heterocycles. The molecule has 0 aliphatic rings. The highest BCUT2D eigenvalue weighted by Gasteiger charge is 1.99. The number of aromatic nitrogens is 2. The summed E-state index contributed by atoms with van der Waals surface area (Å²) in [6, 6.07) is 7.73. The second kappa shape index (κ2) is 6.47. The molecule has 4 nitrogen and oxygen atoms in total. The van der Waals surface area contributed by atoms with E-state index in [2.05, 4.69) is 31.2 Å². The van der Waals surface area contributed by atoms with Crippen LogP contribution < -0.4 is 10.1 Å². The first-order valence-electron chi connectivity index (χ1n) is 5.60. The van der Waals surface area contributed by atoms with Crippen molar-refractivity contribution in [2.75, 3.05) is 7.05 Å². The summed E-state index contributed by atoms with van der Waals surface area (Å²) in [4.78, 5) is 8.52. The molecule has 0 radical (unpaired) electrons. The van der Waals surface area contributed by atoms with Crippen molar-refractivity contribution >= 4 is 15.9 Å². The third-order valence-corrected chi connectivity index (χ3v) is 2.80. The van der Waals surface area contributed by atoms with E-state index < -0.39 is 0 Å². The maximum Gasteiger partial charge on any atom is 0.138 e. The lowest BCUT2D eigenvalue weighted by molar-refractivity contribution is 0.300. The fourth-order valence-corrected chi connectivity index (χ4v) is 1.67. The van der Waals surface area contributed by atoms with Gasteiger partial charge >= 0.3 is 0 Å². The van der Waals surface area contributed by atoms with E-state index in [1.807, 2.05) is 31.3 Å². The van der Waals surface area contributed by atoms with Gasteiger partial charge in [0, 0.05) is 17.2 Å². The summed E-state index contributed by atoms with van der Waals surface area (Å²) in [6.45, 7) is 1.20. The molecule has 2 aromatic rings. The molecular weight excluding hydrogens is 294 g/mol. The molecule has 2 aromatic heterocycles. The SMILES string of the molecule is CNCc1ccc(OCc2ccc(Br)cn2)cn1. The summed E-state index contributed by atoms with van der Waals surface area (Å²) in [5.41, 5.74) is 1.88. The number of hydrogen-bond donors (Lipinski definition) is 1. The Morgan fingerprint density at radius 3 is 2.50 bits per heavy atom. The van der Waals surface area contributed by atoms with Crippen LogP contribution in [0.1, 0.15) is 11.4 Å². The van der Waals surface area contributed by atoms with Crippen LogP contribution in [0.25, 0.3) is 0 Å². The zero-order valence-corrected chi connectivity index (χ0v) is 11.6. The van der Waals surface area contributed by atoms with Crippen molar-refractivity contribution in [1.29, 1.82) is 0 Å². The van der Waals surface area contributed by atoms with Crippen LogP contribution in [0.2, 0.25) is 0 Å². The fraction of sp³-hybridized carbons (Fsp3) is 0.231. The number of halogens is 1. The average Bonchev–Trinajstić information content (AvgIpc) is 2.40. The number of nitrogens with one attached hydrogen (secondary N) is 1.